The molecule has 0 fully saturated rings. The minimum absolute atomic E-state index is 0. The van der Waals surface area contributed by atoms with Gasteiger partial charge in [-0.05, 0) is 0 Å². The highest BCUT2D eigenvalue weighted by atomic mass is 28.2. The van der Waals surface area contributed by atoms with Gasteiger partial charge in [-0.2, -0.15) is 0 Å². The monoisotopic (exact) mass is 104 g/mol. The molecule has 1 nitrogen and oxygen atoms in total. The van der Waals surface area contributed by atoms with Gasteiger partial charge in [0.05, 0.1) is 20.8 Å². The maximum absolute atomic E-state index is 3.03. The molecule has 0 bridgehead atoms. The molecule has 0 aromatic heterocycles. The predicted molar refractivity (Wildman–Crippen MR) is 28.8 cm³/mol. The lowest BCUT2D eigenvalue weighted by Gasteiger charge is -1.58. The number of nitrogens with one attached hydrogen (secondary N) is 1. The number of hydrogen-bond donors (Lipinski definition) is 1. The molecule has 0 heterocycles. The van der Waals surface area contributed by atoms with E-state index in [2.05, 4.69) is 4.65 Å². The van der Waals surface area contributed by atoms with Gasteiger partial charge in [0.1, 0.15) is 0 Å². The van der Waals surface area contributed by atoms with Crippen LogP contribution in [0.3, 0.4) is 0 Å². The molecule has 0 saturated heterocycles. The minimum atomic E-state index is 0. The third kappa shape index (κ3) is 12.7. The van der Waals surface area contributed by atoms with Gasteiger partial charge in [0.25, 0.3) is 0 Å². The van der Waals surface area contributed by atoms with E-state index in [0.717, 1.165) is 0 Å². The predicted octanol–water partition coefficient (Wildman–Crippen LogP) is -3.24. The summed E-state index contributed by atoms with van der Waals surface area (Å²) in [5.41, 5.74) is 0. The Bertz CT molecular complexity index is 6.00. The highest BCUT2D eigenvalue weighted by molar-refractivity contribution is 6.25. The maximum Gasteiger partial charge on any atom is 0.0670 e. The topological polar surface area (TPSA) is 12.0 Å². The maximum atomic E-state index is 3.03. The summed E-state index contributed by atoms with van der Waals surface area (Å²) in [5.74, 6) is 0. The first kappa shape index (κ1) is 8.87. The summed E-state index contributed by atoms with van der Waals surface area (Å²) in [5, 5.41) is 0. The Morgan fingerprint density at radius 3 is 1.25 bits per heavy atom. The zero-order valence-corrected chi connectivity index (χ0v) is 8.23. The van der Waals surface area contributed by atoms with Gasteiger partial charge in [0, 0.05) is 17.4 Å². The Labute approximate surface area is 43.3 Å². The highest BCUT2D eigenvalue weighted by Crippen LogP contribution is 0.879. The SMILES string of the molecule is [Al].[SiH3]N[SiH3]. The quantitative estimate of drug-likeness (QED) is 0.318. The van der Waals surface area contributed by atoms with Crippen molar-refractivity contribution in [2.24, 2.45) is 0 Å². The van der Waals surface area contributed by atoms with Crippen LogP contribution in [0, 0.1) is 0 Å². The van der Waals surface area contributed by atoms with Gasteiger partial charge in [0.15, 0.2) is 0 Å². The Balaban J connectivity index is 0. The standard InChI is InChI=1S/Al.H7NSi2/c;2-1-3/h;1H,2-3H3. The van der Waals surface area contributed by atoms with Crippen molar-refractivity contribution in [3.8, 4) is 0 Å². The summed E-state index contributed by atoms with van der Waals surface area (Å²) in [6.07, 6.45) is 0. The van der Waals surface area contributed by atoms with Crippen molar-refractivity contribution in [1.29, 1.82) is 0 Å². The molecular formula is H7AlNSi2. The molecule has 0 aliphatic heterocycles. The largest absolute Gasteiger partial charge is 0.374 e. The van der Waals surface area contributed by atoms with Gasteiger partial charge in [0.2, 0.25) is 0 Å². The van der Waals surface area contributed by atoms with Gasteiger partial charge in [-0.25, -0.2) is 0 Å². The Hall–Kier alpha value is 0.926. The summed E-state index contributed by atoms with van der Waals surface area (Å²) < 4.78 is 3.03. The molecule has 0 aliphatic rings. The Kier molecular flexibility index (Phi) is 20.1. The average molecular weight is 104 g/mol. The zero-order valence-electron chi connectivity index (χ0n) is 3.08. The second kappa shape index (κ2) is 9.06. The fraction of sp³-hybridized carbons (Fsp3) is 0. The number of rotatable bonds is 0. The Morgan fingerprint density at radius 2 is 1.25 bits per heavy atom. The molecule has 23 valence electrons. The Morgan fingerprint density at radius 1 is 1.25 bits per heavy atom. The van der Waals surface area contributed by atoms with Crippen LogP contribution in [0.1, 0.15) is 0 Å². The molecular weight excluding hydrogens is 97.2 g/mol. The summed E-state index contributed by atoms with van der Waals surface area (Å²) in [6.45, 7) is 0. The summed E-state index contributed by atoms with van der Waals surface area (Å²) in [4.78, 5) is 0. The molecule has 3 radical (unpaired) electrons. The molecule has 4 heteroatoms. The third-order valence-electron chi connectivity index (χ3n) is 0. The van der Waals surface area contributed by atoms with E-state index >= 15 is 0 Å². The molecule has 0 amide bonds. The highest BCUT2D eigenvalue weighted by Gasteiger charge is 1.28. The molecule has 0 aliphatic carbocycles. The number of hydrogen-bond acceptors (Lipinski definition) is 1. The van der Waals surface area contributed by atoms with Crippen LogP contribution in [-0.4, -0.2) is 38.2 Å². The first-order valence-corrected chi connectivity index (χ1v) is 3.00. The second-order valence-corrected chi connectivity index (χ2v) is 4.50. The minimum Gasteiger partial charge on any atom is -0.374 e. The van der Waals surface area contributed by atoms with Gasteiger partial charge in [-0.3, -0.25) is 0 Å². The lowest BCUT2D eigenvalue weighted by atomic mass is 13.9. The molecule has 4 heavy (non-hydrogen) atoms. The molecule has 0 rings (SSSR count). The summed E-state index contributed by atoms with van der Waals surface area (Å²) >= 11 is 0. The van der Waals surface area contributed by atoms with Crippen LogP contribution < -0.4 is 4.65 Å². The van der Waals surface area contributed by atoms with Crippen molar-refractivity contribution in [3.63, 3.8) is 0 Å². The van der Waals surface area contributed by atoms with Crippen LogP contribution in [0.4, 0.5) is 0 Å². The molecule has 0 atom stereocenters. The van der Waals surface area contributed by atoms with E-state index in [9.17, 15) is 0 Å². The smallest absolute Gasteiger partial charge is 0.0670 e. The second-order valence-electron chi connectivity index (χ2n) is 0.500. The van der Waals surface area contributed by atoms with Crippen molar-refractivity contribution in [1.82, 2.24) is 4.65 Å². The van der Waals surface area contributed by atoms with Crippen molar-refractivity contribution in [3.05, 3.63) is 0 Å². The molecule has 0 aromatic rings. The van der Waals surface area contributed by atoms with E-state index in [0.29, 0.717) is 0 Å². The normalized spacial score (nSPS) is 6.00. The van der Waals surface area contributed by atoms with Gasteiger partial charge < -0.3 is 4.65 Å². The van der Waals surface area contributed by atoms with Crippen molar-refractivity contribution in [2.75, 3.05) is 0 Å². The fourth-order valence-corrected chi connectivity index (χ4v) is 0. The van der Waals surface area contributed by atoms with Crippen LogP contribution in [0.25, 0.3) is 0 Å². The third-order valence-corrected chi connectivity index (χ3v) is 0. The van der Waals surface area contributed by atoms with E-state index in [1.807, 2.05) is 0 Å². The van der Waals surface area contributed by atoms with E-state index in [-0.39, 0.29) is 17.4 Å². The van der Waals surface area contributed by atoms with Crippen molar-refractivity contribution < 1.29 is 0 Å². The molecule has 0 unspecified atom stereocenters. The van der Waals surface area contributed by atoms with Gasteiger partial charge in [-0.15, -0.1) is 0 Å². The van der Waals surface area contributed by atoms with Crippen LogP contribution in [-0.2, 0) is 0 Å². The first-order chi connectivity index (χ1) is 1.41. The zero-order chi connectivity index (χ0) is 2.71. The van der Waals surface area contributed by atoms with Gasteiger partial charge >= 0.3 is 0 Å². The fourth-order valence-electron chi connectivity index (χ4n) is 0. The van der Waals surface area contributed by atoms with E-state index < -0.39 is 0 Å². The first-order valence-electron chi connectivity index (χ1n) is 1.00. The molecule has 0 spiro atoms. The van der Waals surface area contributed by atoms with Crippen molar-refractivity contribution in [2.45, 2.75) is 0 Å². The average Bonchev–Trinajstić information content (AvgIpc) is 0.918. The lowest BCUT2D eigenvalue weighted by molar-refractivity contribution is 1.68. The van der Waals surface area contributed by atoms with E-state index in [1.54, 1.807) is 0 Å². The summed E-state index contributed by atoms with van der Waals surface area (Å²) in [7, 11) is 2.36. The summed E-state index contributed by atoms with van der Waals surface area (Å²) in [6, 6.07) is 0. The van der Waals surface area contributed by atoms with E-state index in [4.69, 9.17) is 0 Å². The molecule has 0 aromatic carbocycles. The van der Waals surface area contributed by atoms with Crippen LogP contribution in [0.5, 0.6) is 0 Å². The van der Waals surface area contributed by atoms with Crippen molar-refractivity contribution >= 4 is 38.2 Å². The van der Waals surface area contributed by atoms with Crippen LogP contribution >= 0.6 is 0 Å². The van der Waals surface area contributed by atoms with Crippen LogP contribution in [0.2, 0.25) is 0 Å². The lowest BCUT2D eigenvalue weighted by Crippen LogP contribution is -1.97. The van der Waals surface area contributed by atoms with Gasteiger partial charge in [-0.1, -0.05) is 0 Å². The molecule has 1 N–H and O–H groups in total. The molecule has 0 saturated carbocycles. The van der Waals surface area contributed by atoms with E-state index in [1.165, 1.54) is 20.8 Å². The van der Waals surface area contributed by atoms with Crippen LogP contribution in [0.15, 0.2) is 0 Å².